The Kier molecular flexibility index (Phi) is 6.58. The van der Waals surface area contributed by atoms with Crippen LogP contribution in [-0.4, -0.2) is 65.9 Å². The molecule has 0 spiro atoms. The van der Waals surface area contributed by atoms with Crippen LogP contribution in [0.1, 0.15) is 19.8 Å². The maximum Gasteiger partial charge on any atom is 0.334 e. The zero-order valence-corrected chi connectivity index (χ0v) is 11.3. The third-order valence-electron chi connectivity index (χ3n) is 3.45. The number of aliphatic hydroxyl groups excluding tert-OH is 1. The highest BCUT2D eigenvalue weighted by Crippen LogP contribution is 2.15. The van der Waals surface area contributed by atoms with Crippen LogP contribution in [-0.2, 0) is 4.79 Å². The van der Waals surface area contributed by atoms with E-state index >= 15 is 0 Å². The number of piperidine rings is 1. The number of nitrogens with zero attached hydrogens (tertiary/aromatic N) is 1. The lowest BCUT2D eigenvalue weighted by molar-refractivity contribution is -0.146. The van der Waals surface area contributed by atoms with Gasteiger partial charge >= 0.3 is 12.0 Å². The van der Waals surface area contributed by atoms with Gasteiger partial charge in [-0.1, -0.05) is 6.92 Å². The quantitative estimate of drug-likeness (QED) is 0.521. The molecule has 0 aromatic heterocycles. The number of likely N-dealkylation sites (tertiary alicyclic amines) is 1. The van der Waals surface area contributed by atoms with Gasteiger partial charge in [-0.25, -0.2) is 9.59 Å². The van der Waals surface area contributed by atoms with Crippen molar-refractivity contribution in [3.63, 3.8) is 0 Å². The molecule has 0 saturated carbocycles. The normalized spacial score (nSPS) is 18.8. The Morgan fingerprint density at radius 2 is 1.95 bits per heavy atom. The van der Waals surface area contributed by atoms with Crippen LogP contribution in [0, 0.1) is 5.92 Å². The summed E-state index contributed by atoms with van der Waals surface area (Å²) >= 11 is 0. The van der Waals surface area contributed by atoms with E-state index in [0.29, 0.717) is 12.5 Å². The van der Waals surface area contributed by atoms with Gasteiger partial charge in [0.15, 0.2) is 6.10 Å². The lowest BCUT2D eigenvalue weighted by Crippen LogP contribution is -2.44. The van der Waals surface area contributed by atoms with Gasteiger partial charge in [0.05, 0.1) is 6.54 Å². The molecule has 1 saturated heterocycles. The van der Waals surface area contributed by atoms with Crippen molar-refractivity contribution in [3.05, 3.63) is 0 Å². The standard InChI is InChI=1S/C12H23N3O4/c1-2-15-5-3-9(4-6-15)7-13-12(19)14-8-10(16)11(17)18/h9-10,16H,2-8H2,1H3,(H,17,18)(H2,13,14,19)/t10-/m0/s1. The Morgan fingerprint density at radius 3 is 2.47 bits per heavy atom. The molecule has 1 heterocycles. The van der Waals surface area contributed by atoms with Crippen molar-refractivity contribution in [2.24, 2.45) is 5.92 Å². The maximum atomic E-state index is 11.4. The van der Waals surface area contributed by atoms with E-state index in [4.69, 9.17) is 10.2 Å². The van der Waals surface area contributed by atoms with Crippen LogP contribution >= 0.6 is 0 Å². The van der Waals surface area contributed by atoms with Gasteiger partial charge in [0.25, 0.3) is 0 Å². The van der Waals surface area contributed by atoms with Crippen LogP contribution in [0.25, 0.3) is 0 Å². The summed E-state index contributed by atoms with van der Waals surface area (Å²) in [6, 6.07) is -0.432. The van der Waals surface area contributed by atoms with Gasteiger partial charge in [0.2, 0.25) is 0 Å². The lowest BCUT2D eigenvalue weighted by atomic mass is 9.97. The van der Waals surface area contributed by atoms with Gasteiger partial charge in [-0.05, 0) is 38.4 Å². The number of carbonyl (C=O) groups excluding carboxylic acids is 1. The fraction of sp³-hybridized carbons (Fsp3) is 0.833. The molecule has 19 heavy (non-hydrogen) atoms. The van der Waals surface area contributed by atoms with Crippen LogP contribution in [0.15, 0.2) is 0 Å². The first-order valence-electron chi connectivity index (χ1n) is 6.67. The van der Waals surface area contributed by atoms with Crippen molar-refractivity contribution in [2.45, 2.75) is 25.9 Å². The van der Waals surface area contributed by atoms with E-state index in [9.17, 15) is 9.59 Å². The molecule has 2 amide bonds. The molecule has 4 N–H and O–H groups in total. The van der Waals surface area contributed by atoms with Gasteiger partial charge < -0.3 is 25.7 Å². The fourth-order valence-corrected chi connectivity index (χ4v) is 2.08. The van der Waals surface area contributed by atoms with E-state index in [1.165, 1.54) is 0 Å². The van der Waals surface area contributed by atoms with Crippen molar-refractivity contribution in [1.29, 1.82) is 0 Å². The molecule has 1 aliphatic heterocycles. The topological polar surface area (TPSA) is 102 Å². The van der Waals surface area contributed by atoms with Crippen LogP contribution in [0.4, 0.5) is 4.79 Å². The van der Waals surface area contributed by atoms with Gasteiger partial charge in [-0.2, -0.15) is 0 Å². The smallest absolute Gasteiger partial charge is 0.334 e. The summed E-state index contributed by atoms with van der Waals surface area (Å²) in [6.07, 6.45) is 0.566. The molecule has 1 aliphatic rings. The van der Waals surface area contributed by atoms with E-state index in [1.54, 1.807) is 0 Å². The van der Waals surface area contributed by atoms with Crippen molar-refractivity contribution >= 4 is 12.0 Å². The summed E-state index contributed by atoms with van der Waals surface area (Å²) in [5.74, 6) is -0.870. The predicted molar refractivity (Wildman–Crippen MR) is 69.9 cm³/mol. The van der Waals surface area contributed by atoms with Crippen LogP contribution in [0.5, 0.6) is 0 Å². The number of carbonyl (C=O) groups is 2. The van der Waals surface area contributed by atoms with Crippen molar-refractivity contribution in [3.8, 4) is 0 Å². The molecular weight excluding hydrogens is 250 g/mol. The average Bonchev–Trinajstić information content (AvgIpc) is 2.42. The first-order valence-corrected chi connectivity index (χ1v) is 6.67. The Labute approximate surface area is 113 Å². The average molecular weight is 273 g/mol. The minimum atomic E-state index is -1.56. The third kappa shape index (κ3) is 5.89. The lowest BCUT2D eigenvalue weighted by Gasteiger charge is -2.31. The highest BCUT2D eigenvalue weighted by molar-refractivity contribution is 5.76. The van der Waals surface area contributed by atoms with Gasteiger partial charge in [-0.3, -0.25) is 0 Å². The highest BCUT2D eigenvalue weighted by Gasteiger charge is 2.19. The van der Waals surface area contributed by atoms with E-state index < -0.39 is 18.1 Å². The van der Waals surface area contributed by atoms with Crippen molar-refractivity contribution in [1.82, 2.24) is 15.5 Å². The number of carboxylic acids is 1. The van der Waals surface area contributed by atoms with Gasteiger partial charge in [0, 0.05) is 6.54 Å². The fourth-order valence-electron chi connectivity index (χ4n) is 2.08. The number of amides is 2. The first-order chi connectivity index (χ1) is 9.02. The molecule has 1 fully saturated rings. The molecule has 0 bridgehead atoms. The molecule has 0 unspecified atom stereocenters. The third-order valence-corrected chi connectivity index (χ3v) is 3.45. The number of hydrogen-bond acceptors (Lipinski definition) is 4. The summed E-state index contributed by atoms with van der Waals surface area (Å²) in [5.41, 5.74) is 0. The summed E-state index contributed by atoms with van der Waals surface area (Å²) < 4.78 is 0. The van der Waals surface area contributed by atoms with Crippen LogP contribution < -0.4 is 10.6 Å². The highest BCUT2D eigenvalue weighted by atomic mass is 16.4. The molecule has 0 aromatic carbocycles. The molecule has 0 aromatic rings. The largest absolute Gasteiger partial charge is 0.479 e. The second kappa shape index (κ2) is 7.96. The molecule has 1 atom stereocenters. The monoisotopic (exact) mass is 273 g/mol. The Morgan fingerprint density at radius 1 is 1.32 bits per heavy atom. The number of hydrogen-bond donors (Lipinski definition) is 4. The SMILES string of the molecule is CCN1CCC(CNC(=O)NC[C@H](O)C(=O)O)CC1. The number of urea groups is 1. The summed E-state index contributed by atoms with van der Waals surface area (Å²) in [6.45, 7) is 5.62. The second-order valence-electron chi connectivity index (χ2n) is 4.82. The van der Waals surface area contributed by atoms with Gasteiger partial charge in [-0.15, -0.1) is 0 Å². The number of carboxylic acid groups (broad SMARTS) is 1. The Hall–Kier alpha value is -1.34. The number of aliphatic carboxylic acids is 1. The maximum absolute atomic E-state index is 11.4. The molecule has 110 valence electrons. The van der Waals surface area contributed by atoms with E-state index in [1.807, 2.05) is 0 Å². The summed E-state index contributed by atoms with van der Waals surface area (Å²) in [5, 5.41) is 22.5. The Balaban J connectivity index is 2.12. The van der Waals surface area contributed by atoms with E-state index in [0.717, 1.165) is 32.5 Å². The van der Waals surface area contributed by atoms with Gasteiger partial charge in [0.1, 0.15) is 0 Å². The molecular formula is C12H23N3O4. The number of rotatable bonds is 6. The second-order valence-corrected chi connectivity index (χ2v) is 4.82. The molecule has 1 rings (SSSR count). The number of aliphatic hydroxyl groups is 1. The predicted octanol–water partition coefficient (Wildman–Crippen LogP) is -0.537. The van der Waals surface area contributed by atoms with Crippen molar-refractivity contribution < 1.29 is 19.8 Å². The van der Waals surface area contributed by atoms with Crippen LogP contribution in [0.3, 0.4) is 0 Å². The van der Waals surface area contributed by atoms with E-state index in [-0.39, 0.29) is 6.54 Å². The zero-order chi connectivity index (χ0) is 14.3. The van der Waals surface area contributed by atoms with Crippen molar-refractivity contribution in [2.75, 3.05) is 32.7 Å². The minimum Gasteiger partial charge on any atom is -0.479 e. The first kappa shape index (κ1) is 15.7. The molecule has 0 radical (unpaired) electrons. The molecule has 0 aliphatic carbocycles. The molecule has 7 heteroatoms. The summed E-state index contributed by atoms with van der Waals surface area (Å²) in [4.78, 5) is 24.1. The summed E-state index contributed by atoms with van der Waals surface area (Å²) in [7, 11) is 0. The molecule has 7 nitrogen and oxygen atoms in total. The zero-order valence-electron chi connectivity index (χ0n) is 11.3. The van der Waals surface area contributed by atoms with Crippen LogP contribution in [0.2, 0.25) is 0 Å². The number of nitrogens with one attached hydrogen (secondary N) is 2. The van der Waals surface area contributed by atoms with E-state index in [2.05, 4.69) is 22.5 Å². The Bertz CT molecular complexity index is 303. The minimum absolute atomic E-state index is 0.282.